The van der Waals surface area contributed by atoms with Crippen LogP contribution in [0, 0.1) is 12.3 Å². The summed E-state index contributed by atoms with van der Waals surface area (Å²) in [7, 11) is 0. The zero-order valence-electron chi connectivity index (χ0n) is 11.4. The number of nitrogens with one attached hydrogen (secondary N) is 2. The van der Waals surface area contributed by atoms with Crippen LogP contribution in [0.1, 0.15) is 19.4 Å². The van der Waals surface area contributed by atoms with E-state index in [0.717, 1.165) is 11.4 Å². The minimum atomic E-state index is -0.0338. The highest BCUT2D eigenvalue weighted by Gasteiger charge is 2.02. The Bertz CT molecular complexity index is 434. The first-order chi connectivity index (χ1) is 9.11. The minimum absolute atomic E-state index is 0.0338. The first-order valence-corrected chi connectivity index (χ1v) is 7.25. The van der Waals surface area contributed by atoms with Crippen molar-refractivity contribution in [2.24, 2.45) is 0 Å². The molecule has 4 heteroatoms. The Morgan fingerprint density at radius 2 is 2.05 bits per heavy atom. The van der Waals surface area contributed by atoms with E-state index in [-0.39, 0.29) is 5.91 Å². The summed E-state index contributed by atoms with van der Waals surface area (Å²) in [5, 5.41) is 6.01. The summed E-state index contributed by atoms with van der Waals surface area (Å²) in [5.74, 6) is 2.74. The van der Waals surface area contributed by atoms with E-state index in [2.05, 4.69) is 42.5 Å². The molecule has 19 heavy (non-hydrogen) atoms. The summed E-state index contributed by atoms with van der Waals surface area (Å²) >= 11 is 1.51. The number of benzene rings is 1. The number of hydrogen-bond acceptors (Lipinski definition) is 3. The standard InChI is InChI=1S/C15H20N2OS/c1-4-9-16-15(18)11-19-14-7-5-13(6-8-14)10-17-12(2)3/h1,5-8,12,17H,9-11H2,2-3H3,(H,16,18). The molecular weight excluding hydrogens is 256 g/mol. The largest absolute Gasteiger partial charge is 0.344 e. The molecule has 2 N–H and O–H groups in total. The van der Waals surface area contributed by atoms with Gasteiger partial charge >= 0.3 is 0 Å². The van der Waals surface area contributed by atoms with E-state index in [4.69, 9.17) is 6.42 Å². The Morgan fingerprint density at radius 1 is 1.37 bits per heavy atom. The average Bonchev–Trinajstić information content (AvgIpc) is 2.41. The summed E-state index contributed by atoms with van der Waals surface area (Å²) < 4.78 is 0. The van der Waals surface area contributed by atoms with Gasteiger partial charge in [0.25, 0.3) is 0 Å². The smallest absolute Gasteiger partial charge is 0.231 e. The fraction of sp³-hybridized carbons (Fsp3) is 0.400. The zero-order chi connectivity index (χ0) is 14.1. The molecule has 0 aromatic heterocycles. The molecule has 3 nitrogen and oxygen atoms in total. The number of carbonyl (C=O) groups is 1. The lowest BCUT2D eigenvalue weighted by Gasteiger charge is -2.08. The van der Waals surface area contributed by atoms with Crippen molar-refractivity contribution >= 4 is 17.7 Å². The van der Waals surface area contributed by atoms with Crippen LogP contribution in [0.4, 0.5) is 0 Å². The van der Waals surface area contributed by atoms with Crippen molar-refractivity contribution in [2.45, 2.75) is 31.3 Å². The Morgan fingerprint density at radius 3 is 2.63 bits per heavy atom. The van der Waals surface area contributed by atoms with Crippen LogP contribution in [0.3, 0.4) is 0 Å². The molecule has 0 radical (unpaired) electrons. The van der Waals surface area contributed by atoms with Crippen molar-refractivity contribution in [3.05, 3.63) is 29.8 Å². The maximum Gasteiger partial charge on any atom is 0.231 e. The van der Waals surface area contributed by atoms with Crippen molar-refractivity contribution in [3.8, 4) is 12.3 Å². The van der Waals surface area contributed by atoms with Gasteiger partial charge in [0, 0.05) is 17.5 Å². The Kier molecular flexibility index (Phi) is 7.09. The molecule has 0 aliphatic rings. The molecular formula is C15H20N2OS. The Labute approximate surface area is 119 Å². The Balaban J connectivity index is 2.36. The lowest BCUT2D eigenvalue weighted by atomic mass is 10.2. The third kappa shape index (κ3) is 6.90. The van der Waals surface area contributed by atoms with Gasteiger partial charge < -0.3 is 10.6 Å². The van der Waals surface area contributed by atoms with E-state index in [0.29, 0.717) is 18.3 Å². The van der Waals surface area contributed by atoms with Gasteiger partial charge in [0.15, 0.2) is 0 Å². The first-order valence-electron chi connectivity index (χ1n) is 6.27. The highest BCUT2D eigenvalue weighted by atomic mass is 32.2. The molecule has 0 heterocycles. The molecule has 1 rings (SSSR count). The van der Waals surface area contributed by atoms with Crippen molar-refractivity contribution < 1.29 is 4.79 Å². The number of terminal acetylenes is 1. The molecule has 0 spiro atoms. The van der Waals surface area contributed by atoms with Crippen LogP contribution in [0.2, 0.25) is 0 Å². The van der Waals surface area contributed by atoms with Crippen molar-refractivity contribution in [3.63, 3.8) is 0 Å². The maximum absolute atomic E-state index is 11.4. The second-order valence-corrected chi connectivity index (χ2v) is 5.50. The Hall–Kier alpha value is -1.44. The van der Waals surface area contributed by atoms with E-state index in [1.165, 1.54) is 17.3 Å². The van der Waals surface area contributed by atoms with Gasteiger partial charge in [-0.25, -0.2) is 0 Å². The second kappa shape index (κ2) is 8.63. The molecule has 0 saturated heterocycles. The van der Waals surface area contributed by atoms with Crippen LogP contribution in [-0.2, 0) is 11.3 Å². The van der Waals surface area contributed by atoms with Gasteiger partial charge in [-0.1, -0.05) is 31.9 Å². The van der Waals surface area contributed by atoms with Gasteiger partial charge in [-0.05, 0) is 17.7 Å². The quantitative estimate of drug-likeness (QED) is 0.591. The van der Waals surface area contributed by atoms with Crippen LogP contribution >= 0.6 is 11.8 Å². The molecule has 102 valence electrons. The molecule has 1 aromatic carbocycles. The third-order valence-corrected chi connectivity index (χ3v) is 3.41. The summed E-state index contributed by atoms with van der Waals surface area (Å²) in [6.07, 6.45) is 5.07. The van der Waals surface area contributed by atoms with Crippen LogP contribution in [0.5, 0.6) is 0 Å². The normalized spacial score (nSPS) is 10.2. The number of amides is 1. The molecule has 0 unspecified atom stereocenters. The molecule has 0 aliphatic heterocycles. The lowest BCUT2D eigenvalue weighted by molar-refractivity contribution is -0.118. The second-order valence-electron chi connectivity index (χ2n) is 4.45. The molecule has 0 fully saturated rings. The third-order valence-electron chi connectivity index (χ3n) is 2.40. The molecule has 0 aliphatic carbocycles. The maximum atomic E-state index is 11.4. The van der Waals surface area contributed by atoms with Gasteiger partial charge in [-0.3, -0.25) is 4.79 Å². The monoisotopic (exact) mass is 276 g/mol. The molecule has 1 amide bonds. The number of rotatable bonds is 7. The van der Waals surface area contributed by atoms with Crippen molar-refractivity contribution in [2.75, 3.05) is 12.3 Å². The van der Waals surface area contributed by atoms with Crippen LogP contribution in [-0.4, -0.2) is 24.2 Å². The highest BCUT2D eigenvalue weighted by Crippen LogP contribution is 2.18. The zero-order valence-corrected chi connectivity index (χ0v) is 12.2. The highest BCUT2D eigenvalue weighted by molar-refractivity contribution is 8.00. The topological polar surface area (TPSA) is 41.1 Å². The van der Waals surface area contributed by atoms with Gasteiger partial charge in [0.05, 0.1) is 12.3 Å². The van der Waals surface area contributed by atoms with E-state index < -0.39 is 0 Å². The SMILES string of the molecule is C#CCNC(=O)CSc1ccc(CNC(C)C)cc1. The fourth-order valence-electron chi connectivity index (χ4n) is 1.38. The number of hydrogen-bond donors (Lipinski definition) is 2. The molecule has 0 atom stereocenters. The summed E-state index contributed by atoms with van der Waals surface area (Å²) in [6, 6.07) is 8.72. The van der Waals surface area contributed by atoms with Crippen LogP contribution in [0.15, 0.2) is 29.2 Å². The summed E-state index contributed by atoms with van der Waals surface area (Å²) in [5.41, 5.74) is 1.25. The fourth-order valence-corrected chi connectivity index (χ4v) is 2.10. The summed E-state index contributed by atoms with van der Waals surface area (Å²) in [6.45, 7) is 5.41. The van der Waals surface area contributed by atoms with Crippen LogP contribution < -0.4 is 10.6 Å². The summed E-state index contributed by atoms with van der Waals surface area (Å²) in [4.78, 5) is 12.5. The number of carbonyl (C=O) groups excluding carboxylic acids is 1. The van der Waals surface area contributed by atoms with Gasteiger partial charge in [-0.2, -0.15) is 0 Å². The predicted octanol–water partition coefficient (Wildman–Crippen LogP) is 2.03. The first kappa shape index (κ1) is 15.6. The van der Waals surface area contributed by atoms with Crippen molar-refractivity contribution in [1.82, 2.24) is 10.6 Å². The molecule has 0 bridgehead atoms. The van der Waals surface area contributed by atoms with Crippen molar-refractivity contribution in [1.29, 1.82) is 0 Å². The van der Waals surface area contributed by atoms with Gasteiger partial charge in [-0.15, -0.1) is 18.2 Å². The van der Waals surface area contributed by atoms with E-state index in [1.54, 1.807) is 0 Å². The lowest BCUT2D eigenvalue weighted by Crippen LogP contribution is -2.25. The van der Waals surface area contributed by atoms with E-state index in [9.17, 15) is 4.79 Å². The van der Waals surface area contributed by atoms with E-state index >= 15 is 0 Å². The predicted molar refractivity (Wildman–Crippen MR) is 81.0 cm³/mol. The average molecular weight is 276 g/mol. The number of thioether (sulfide) groups is 1. The molecule has 1 aromatic rings. The minimum Gasteiger partial charge on any atom is -0.344 e. The molecule has 0 saturated carbocycles. The van der Waals surface area contributed by atoms with E-state index in [1.807, 2.05) is 12.1 Å². The van der Waals surface area contributed by atoms with Crippen LogP contribution in [0.25, 0.3) is 0 Å². The van der Waals surface area contributed by atoms with Gasteiger partial charge in [0.1, 0.15) is 0 Å². The van der Waals surface area contributed by atoms with Gasteiger partial charge in [0.2, 0.25) is 5.91 Å².